The number of hydrogen-bond acceptors (Lipinski definition) is 3. The fourth-order valence-electron chi connectivity index (χ4n) is 2.27. The Morgan fingerprint density at radius 1 is 1.21 bits per heavy atom. The maximum absolute atomic E-state index is 12.2. The van der Waals surface area contributed by atoms with E-state index in [1.165, 1.54) is 0 Å². The van der Waals surface area contributed by atoms with Crippen molar-refractivity contribution in [1.82, 2.24) is 15.5 Å². The third-order valence-electron chi connectivity index (χ3n) is 3.55. The van der Waals surface area contributed by atoms with E-state index in [2.05, 4.69) is 15.5 Å². The Bertz CT molecular complexity index is 843. The molecule has 0 unspecified atom stereocenters. The van der Waals surface area contributed by atoms with Gasteiger partial charge in [-0.2, -0.15) is 5.10 Å². The minimum absolute atomic E-state index is 0.220. The van der Waals surface area contributed by atoms with Crippen LogP contribution in [0.5, 0.6) is 5.75 Å². The van der Waals surface area contributed by atoms with E-state index >= 15 is 0 Å². The standard InChI is InChI=1S/C18H16ClN3O2/c1-24-15-7-5-13(6-8-15)16-10-17(22-21-16)18(23)20-11-12-3-2-4-14(19)9-12/h2-10H,11H2,1H3,(H,20,23)(H,21,22). The van der Waals surface area contributed by atoms with Crippen LogP contribution in [-0.4, -0.2) is 23.2 Å². The van der Waals surface area contributed by atoms with E-state index in [4.69, 9.17) is 16.3 Å². The van der Waals surface area contributed by atoms with Gasteiger partial charge in [-0.3, -0.25) is 9.89 Å². The lowest BCUT2D eigenvalue weighted by molar-refractivity contribution is 0.0946. The average Bonchev–Trinajstić information content (AvgIpc) is 3.10. The number of hydrogen-bond donors (Lipinski definition) is 2. The molecule has 0 radical (unpaired) electrons. The van der Waals surface area contributed by atoms with E-state index in [9.17, 15) is 4.79 Å². The fourth-order valence-corrected chi connectivity index (χ4v) is 2.49. The quantitative estimate of drug-likeness (QED) is 0.744. The van der Waals surface area contributed by atoms with Crippen LogP contribution >= 0.6 is 11.6 Å². The lowest BCUT2D eigenvalue weighted by atomic mass is 10.1. The first-order chi connectivity index (χ1) is 11.7. The molecule has 2 N–H and O–H groups in total. The molecule has 0 atom stereocenters. The largest absolute Gasteiger partial charge is 0.497 e. The van der Waals surface area contributed by atoms with E-state index in [0.29, 0.717) is 23.0 Å². The van der Waals surface area contributed by atoms with E-state index < -0.39 is 0 Å². The highest BCUT2D eigenvalue weighted by molar-refractivity contribution is 6.30. The molecule has 0 aliphatic rings. The number of rotatable bonds is 5. The zero-order valence-corrected chi connectivity index (χ0v) is 13.8. The molecule has 122 valence electrons. The van der Waals surface area contributed by atoms with Crippen molar-refractivity contribution >= 4 is 17.5 Å². The van der Waals surface area contributed by atoms with Crippen LogP contribution in [0.4, 0.5) is 0 Å². The van der Waals surface area contributed by atoms with Crippen molar-refractivity contribution in [2.24, 2.45) is 0 Å². The Balaban J connectivity index is 1.66. The Morgan fingerprint density at radius 2 is 2.00 bits per heavy atom. The first-order valence-electron chi connectivity index (χ1n) is 7.38. The maximum atomic E-state index is 12.2. The maximum Gasteiger partial charge on any atom is 0.269 e. The SMILES string of the molecule is COc1ccc(-c2cc(C(=O)NCc3cccc(Cl)c3)[nH]n2)cc1. The predicted molar refractivity (Wildman–Crippen MR) is 93.2 cm³/mol. The molecule has 6 heteroatoms. The molecule has 3 aromatic rings. The van der Waals surface area contributed by atoms with Gasteiger partial charge in [0.05, 0.1) is 12.8 Å². The lowest BCUT2D eigenvalue weighted by Crippen LogP contribution is -2.23. The Labute approximate surface area is 144 Å². The zero-order chi connectivity index (χ0) is 16.9. The van der Waals surface area contributed by atoms with Crippen molar-refractivity contribution in [2.75, 3.05) is 7.11 Å². The number of H-pyrrole nitrogens is 1. The van der Waals surface area contributed by atoms with Crippen LogP contribution in [0.15, 0.2) is 54.6 Å². The van der Waals surface area contributed by atoms with E-state index in [0.717, 1.165) is 16.9 Å². The molecular weight excluding hydrogens is 326 g/mol. The van der Waals surface area contributed by atoms with E-state index in [1.54, 1.807) is 19.2 Å². The minimum Gasteiger partial charge on any atom is -0.497 e. The molecule has 0 spiro atoms. The molecular formula is C18H16ClN3O2. The molecule has 0 saturated heterocycles. The molecule has 1 heterocycles. The molecule has 0 aliphatic heterocycles. The van der Waals surface area contributed by atoms with Gasteiger partial charge in [-0.15, -0.1) is 0 Å². The molecule has 2 aromatic carbocycles. The molecule has 0 fully saturated rings. The fraction of sp³-hybridized carbons (Fsp3) is 0.111. The van der Waals surface area contributed by atoms with E-state index in [1.807, 2.05) is 42.5 Å². The Kier molecular flexibility index (Phi) is 4.82. The van der Waals surface area contributed by atoms with Gasteiger partial charge in [0.25, 0.3) is 5.91 Å². The first kappa shape index (κ1) is 16.1. The van der Waals surface area contributed by atoms with Crippen LogP contribution in [0, 0.1) is 0 Å². The van der Waals surface area contributed by atoms with Gasteiger partial charge in [-0.05, 0) is 48.0 Å². The second kappa shape index (κ2) is 7.19. The number of carbonyl (C=O) groups excluding carboxylic acids is 1. The van der Waals surface area contributed by atoms with Crippen molar-refractivity contribution in [3.8, 4) is 17.0 Å². The van der Waals surface area contributed by atoms with Crippen LogP contribution in [0.2, 0.25) is 5.02 Å². The van der Waals surface area contributed by atoms with Gasteiger partial charge in [0.2, 0.25) is 0 Å². The van der Waals surface area contributed by atoms with E-state index in [-0.39, 0.29) is 5.91 Å². The number of halogens is 1. The Hall–Kier alpha value is -2.79. The third-order valence-corrected chi connectivity index (χ3v) is 3.79. The smallest absolute Gasteiger partial charge is 0.269 e. The first-order valence-corrected chi connectivity index (χ1v) is 7.76. The molecule has 0 saturated carbocycles. The average molecular weight is 342 g/mol. The number of methoxy groups -OCH3 is 1. The van der Waals surface area contributed by atoms with Gasteiger partial charge >= 0.3 is 0 Å². The monoisotopic (exact) mass is 341 g/mol. The summed E-state index contributed by atoms with van der Waals surface area (Å²) < 4.78 is 5.13. The molecule has 1 amide bonds. The molecule has 3 rings (SSSR count). The van der Waals surface area contributed by atoms with Crippen LogP contribution in [0.3, 0.4) is 0 Å². The van der Waals surface area contributed by atoms with Gasteiger partial charge in [0.1, 0.15) is 11.4 Å². The Morgan fingerprint density at radius 3 is 2.71 bits per heavy atom. The summed E-state index contributed by atoms with van der Waals surface area (Å²) in [6.45, 7) is 0.399. The lowest BCUT2D eigenvalue weighted by Gasteiger charge is -2.04. The van der Waals surface area contributed by atoms with Gasteiger partial charge in [0, 0.05) is 17.1 Å². The van der Waals surface area contributed by atoms with Crippen LogP contribution in [0.1, 0.15) is 16.1 Å². The topological polar surface area (TPSA) is 67.0 Å². The summed E-state index contributed by atoms with van der Waals surface area (Å²) in [7, 11) is 1.62. The van der Waals surface area contributed by atoms with Crippen LogP contribution in [-0.2, 0) is 6.54 Å². The number of ether oxygens (including phenoxy) is 1. The van der Waals surface area contributed by atoms with Gasteiger partial charge in [-0.1, -0.05) is 23.7 Å². The number of aromatic amines is 1. The minimum atomic E-state index is -0.220. The summed E-state index contributed by atoms with van der Waals surface area (Å²) >= 11 is 5.93. The van der Waals surface area contributed by atoms with Crippen LogP contribution < -0.4 is 10.1 Å². The highest BCUT2D eigenvalue weighted by Gasteiger charge is 2.11. The second-order valence-corrected chi connectivity index (χ2v) is 5.64. The number of carbonyl (C=O) groups is 1. The van der Waals surface area contributed by atoms with Crippen molar-refractivity contribution in [2.45, 2.75) is 6.54 Å². The summed E-state index contributed by atoms with van der Waals surface area (Å²) in [6.07, 6.45) is 0. The molecule has 24 heavy (non-hydrogen) atoms. The van der Waals surface area contributed by atoms with Crippen molar-refractivity contribution in [3.05, 3.63) is 70.9 Å². The zero-order valence-electron chi connectivity index (χ0n) is 13.0. The molecule has 0 aliphatic carbocycles. The second-order valence-electron chi connectivity index (χ2n) is 5.21. The number of benzene rings is 2. The van der Waals surface area contributed by atoms with Crippen molar-refractivity contribution in [1.29, 1.82) is 0 Å². The molecule has 1 aromatic heterocycles. The summed E-state index contributed by atoms with van der Waals surface area (Å²) in [5.41, 5.74) is 2.94. The number of aromatic nitrogens is 2. The van der Waals surface area contributed by atoms with Gasteiger partial charge < -0.3 is 10.1 Å². The molecule has 5 nitrogen and oxygen atoms in total. The summed E-state index contributed by atoms with van der Waals surface area (Å²) in [5, 5.41) is 10.4. The van der Waals surface area contributed by atoms with Gasteiger partial charge in [0.15, 0.2) is 0 Å². The number of nitrogens with zero attached hydrogens (tertiary/aromatic N) is 1. The van der Waals surface area contributed by atoms with Gasteiger partial charge in [-0.25, -0.2) is 0 Å². The van der Waals surface area contributed by atoms with Crippen LogP contribution in [0.25, 0.3) is 11.3 Å². The highest BCUT2D eigenvalue weighted by Crippen LogP contribution is 2.21. The summed E-state index contributed by atoms with van der Waals surface area (Å²) in [4.78, 5) is 12.2. The molecule has 0 bridgehead atoms. The summed E-state index contributed by atoms with van der Waals surface area (Å²) in [6, 6.07) is 16.6. The van der Waals surface area contributed by atoms with Crippen molar-refractivity contribution < 1.29 is 9.53 Å². The third kappa shape index (κ3) is 3.75. The highest BCUT2D eigenvalue weighted by atomic mass is 35.5. The summed E-state index contributed by atoms with van der Waals surface area (Å²) in [5.74, 6) is 0.552. The predicted octanol–water partition coefficient (Wildman–Crippen LogP) is 3.67. The normalized spacial score (nSPS) is 10.4. The van der Waals surface area contributed by atoms with Crippen molar-refractivity contribution in [3.63, 3.8) is 0 Å². The number of amides is 1. The number of nitrogens with one attached hydrogen (secondary N) is 2.